The maximum atomic E-state index is 13.2. The van der Waals surface area contributed by atoms with Crippen molar-refractivity contribution in [3.63, 3.8) is 0 Å². The molecule has 12 nitrogen and oxygen atoms in total. The summed E-state index contributed by atoms with van der Waals surface area (Å²) in [6.07, 6.45) is 0.0536. The van der Waals surface area contributed by atoms with Gasteiger partial charge in [-0.15, -0.1) is 28.2 Å². The number of aliphatic carboxylic acids is 1. The molecular formula is C18H21N7O5S3. The number of carbonyl (C=O) groups excluding carboxylic acids is 2. The Morgan fingerprint density at radius 1 is 1.55 bits per heavy atom. The zero-order valence-corrected chi connectivity index (χ0v) is 20.1. The van der Waals surface area contributed by atoms with Crippen molar-refractivity contribution in [3.8, 4) is 0 Å². The number of ether oxygens (including phenoxy) is 1. The number of carbonyl (C=O) groups is 3. The molecule has 2 aromatic heterocycles. The number of thiophene rings is 1. The lowest BCUT2D eigenvalue weighted by atomic mass is 9.97. The number of H-pyrrole nitrogens is 1. The molecule has 3 atom stereocenters. The first-order valence-corrected chi connectivity index (χ1v) is 12.6. The average molecular weight is 512 g/mol. The van der Waals surface area contributed by atoms with E-state index in [0.717, 1.165) is 10.4 Å². The molecular weight excluding hydrogens is 490 g/mol. The van der Waals surface area contributed by atoms with Crippen LogP contribution in [0.2, 0.25) is 0 Å². The molecule has 1 saturated heterocycles. The van der Waals surface area contributed by atoms with Crippen molar-refractivity contribution in [1.29, 1.82) is 0 Å². The van der Waals surface area contributed by atoms with E-state index < -0.39 is 28.9 Å². The third kappa shape index (κ3) is 4.26. The van der Waals surface area contributed by atoms with Gasteiger partial charge in [0.1, 0.15) is 11.1 Å². The van der Waals surface area contributed by atoms with Gasteiger partial charge in [0.2, 0.25) is 11.1 Å². The number of β-lactam (4-membered cyclic amide) rings is 1. The zero-order valence-electron chi connectivity index (χ0n) is 17.6. The van der Waals surface area contributed by atoms with E-state index in [0.29, 0.717) is 23.0 Å². The number of nitrogens with one attached hydrogen (secondary N) is 2. The van der Waals surface area contributed by atoms with Crippen LogP contribution in [0.3, 0.4) is 0 Å². The van der Waals surface area contributed by atoms with Gasteiger partial charge in [-0.3, -0.25) is 14.5 Å². The second-order valence-corrected chi connectivity index (χ2v) is 10.7. The summed E-state index contributed by atoms with van der Waals surface area (Å²) in [5.41, 5.74) is 5.22. The fraction of sp³-hybridized carbons (Fsp3) is 0.444. The van der Waals surface area contributed by atoms with E-state index in [1.54, 1.807) is 0 Å². The summed E-state index contributed by atoms with van der Waals surface area (Å²) >= 11 is 4.04. The normalized spacial score (nSPS) is 23.2. The summed E-state index contributed by atoms with van der Waals surface area (Å²) < 4.78 is 5.49. The quantitative estimate of drug-likeness (QED) is 0.205. The number of hydrogen-bond donors (Lipinski definition) is 4. The summed E-state index contributed by atoms with van der Waals surface area (Å²) in [6.45, 7) is 2.20. The van der Waals surface area contributed by atoms with Gasteiger partial charge in [-0.25, -0.2) is 9.89 Å². The summed E-state index contributed by atoms with van der Waals surface area (Å²) in [4.78, 5) is 40.2. The molecule has 0 radical (unpaired) electrons. The van der Waals surface area contributed by atoms with E-state index >= 15 is 0 Å². The maximum absolute atomic E-state index is 13.2. The highest BCUT2D eigenvalue weighted by atomic mass is 32.2. The smallest absolute Gasteiger partial charge is 0.352 e. The molecule has 176 valence electrons. The molecule has 15 heteroatoms. The van der Waals surface area contributed by atoms with E-state index in [9.17, 15) is 19.5 Å². The second kappa shape index (κ2) is 9.42. The molecule has 0 aliphatic carbocycles. The van der Waals surface area contributed by atoms with Gasteiger partial charge in [0, 0.05) is 29.5 Å². The van der Waals surface area contributed by atoms with Crippen molar-refractivity contribution in [2.75, 3.05) is 12.9 Å². The SMILES string of the molecule is CO[C@@]1(NC(=O)Cc2csc(CN)c2)C(=O)N2C(C(=O)O)=C(C(C)Sc3nnn[nH]3)CS[C@H]21. The van der Waals surface area contributed by atoms with Crippen LogP contribution in [0.1, 0.15) is 17.4 Å². The molecule has 4 heterocycles. The first-order valence-electron chi connectivity index (χ1n) is 9.75. The maximum Gasteiger partial charge on any atom is 0.352 e. The van der Waals surface area contributed by atoms with Gasteiger partial charge in [0.15, 0.2) is 0 Å². The molecule has 2 amide bonds. The molecule has 2 aromatic rings. The molecule has 4 rings (SSSR count). The Morgan fingerprint density at radius 2 is 2.33 bits per heavy atom. The van der Waals surface area contributed by atoms with Crippen LogP contribution in [0.15, 0.2) is 27.9 Å². The highest BCUT2D eigenvalue weighted by molar-refractivity contribution is 8.01. The predicted molar refractivity (Wildman–Crippen MR) is 121 cm³/mol. The number of nitrogens with zero attached hydrogens (tertiary/aromatic N) is 4. The van der Waals surface area contributed by atoms with Crippen LogP contribution in [0.5, 0.6) is 0 Å². The first kappa shape index (κ1) is 23.7. The molecule has 2 aliphatic rings. The number of aromatic amines is 1. The minimum Gasteiger partial charge on any atom is -0.477 e. The van der Waals surface area contributed by atoms with Crippen LogP contribution in [0.25, 0.3) is 0 Å². The molecule has 2 aliphatic heterocycles. The fourth-order valence-corrected chi connectivity index (χ4v) is 7.01. The molecule has 1 unspecified atom stereocenters. The lowest BCUT2D eigenvalue weighted by molar-refractivity contribution is -0.192. The number of nitrogens with two attached hydrogens (primary N) is 1. The van der Waals surface area contributed by atoms with Crippen LogP contribution >= 0.6 is 34.9 Å². The van der Waals surface area contributed by atoms with Gasteiger partial charge in [0.25, 0.3) is 11.6 Å². The third-order valence-electron chi connectivity index (χ3n) is 5.29. The molecule has 1 fully saturated rings. The van der Waals surface area contributed by atoms with Gasteiger partial charge in [-0.2, -0.15) is 0 Å². The Labute approximate surface area is 200 Å². The Kier molecular flexibility index (Phi) is 6.76. The minimum atomic E-state index is -1.63. The van der Waals surface area contributed by atoms with Gasteiger partial charge < -0.3 is 20.9 Å². The first-order chi connectivity index (χ1) is 15.8. The Bertz CT molecular complexity index is 1100. The van der Waals surface area contributed by atoms with Crippen molar-refractivity contribution in [2.45, 2.75) is 41.4 Å². The highest BCUT2D eigenvalue weighted by Crippen LogP contribution is 2.48. The summed E-state index contributed by atoms with van der Waals surface area (Å²) in [7, 11) is 1.32. The number of methoxy groups -OCH3 is 1. The monoisotopic (exact) mass is 511 g/mol. The number of amides is 2. The van der Waals surface area contributed by atoms with Crippen molar-refractivity contribution in [3.05, 3.63) is 33.2 Å². The highest BCUT2D eigenvalue weighted by Gasteiger charge is 2.66. The number of rotatable bonds is 9. The standard InChI is InChI=1S/C18H21N7O5S3/c1-8(33-17-21-23-24-22-17)11-7-32-16-18(30-2,15(29)25(16)13(11)14(27)28)20-12(26)4-9-3-10(5-19)31-6-9/h3,6,8,16H,4-5,7,19H2,1-2H3,(H,20,26)(H,27,28)(H,21,22,23,24)/t8?,16-,18-/m0/s1. The van der Waals surface area contributed by atoms with Gasteiger partial charge >= 0.3 is 5.97 Å². The van der Waals surface area contributed by atoms with Crippen LogP contribution in [-0.2, 0) is 32.1 Å². The number of carboxylic acid groups (broad SMARTS) is 1. The summed E-state index contributed by atoms with van der Waals surface area (Å²) in [5.74, 6) is -1.93. The number of fused-ring (bicyclic) bond motifs is 1. The topological polar surface area (TPSA) is 176 Å². The molecule has 0 spiro atoms. The van der Waals surface area contributed by atoms with Gasteiger partial charge in [-0.05, 0) is 39.9 Å². The molecule has 0 bridgehead atoms. The minimum absolute atomic E-state index is 0.0536. The van der Waals surface area contributed by atoms with Gasteiger partial charge in [0.05, 0.1) is 6.42 Å². The van der Waals surface area contributed by atoms with E-state index in [-0.39, 0.29) is 17.4 Å². The van der Waals surface area contributed by atoms with Crippen molar-refractivity contribution < 1.29 is 24.2 Å². The second-order valence-electron chi connectivity index (χ2n) is 7.27. The van der Waals surface area contributed by atoms with Crippen molar-refractivity contribution in [1.82, 2.24) is 30.8 Å². The van der Waals surface area contributed by atoms with E-state index in [4.69, 9.17) is 10.5 Å². The molecule has 33 heavy (non-hydrogen) atoms. The predicted octanol–water partition coefficient (Wildman–Crippen LogP) is 0.156. The number of thioether (sulfide) groups is 2. The summed E-state index contributed by atoms with van der Waals surface area (Å²) in [6, 6.07) is 1.84. The van der Waals surface area contributed by atoms with Crippen molar-refractivity contribution >= 4 is 52.6 Å². The molecule has 0 saturated carbocycles. The Balaban J connectivity index is 1.54. The summed E-state index contributed by atoms with van der Waals surface area (Å²) in [5, 5.41) is 27.3. The van der Waals surface area contributed by atoms with E-state index in [1.807, 2.05) is 18.4 Å². The van der Waals surface area contributed by atoms with Crippen LogP contribution in [-0.4, -0.2) is 77.6 Å². The number of tetrazole rings is 1. The largest absolute Gasteiger partial charge is 0.477 e. The van der Waals surface area contributed by atoms with E-state index in [1.165, 1.54) is 46.9 Å². The lowest BCUT2D eigenvalue weighted by Gasteiger charge is -2.56. The fourth-order valence-electron chi connectivity index (χ4n) is 3.72. The van der Waals surface area contributed by atoms with Crippen LogP contribution < -0.4 is 11.1 Å². The van der Waals surface area contributed by atoms with Crippen molar-refractivity contribution in [2.24, 2.45) is 5.73 Å². The average Bonchev–Trinajstić information content (AvgIpc) is 3.47. The molecule has 5 N–H and O–H groups in total. The van der Waals surface area contributed by atoms with Gasteiger partial charge in [-0.1, -0.05) is 11.8 Å². The number of carboxylic acids is 1. The molecule has 0 aromatic carbocycles. The lowest BCUT2D eigenvalue weighted by Crippen LogP contribution is -2.80. The third-order valence-corrected chi connectivity index (χ3v) is 8.67. The number of hydrogen-bond acceptors (Lipinski definition) is 11. The Hall–Kier alpha value is -2.46. The number of aromatic nitrogens is 4. The van der Waals surface area contributed by atoms with Crippen LogP contribution in [0, 0.1) is 0 Å². The Morgan fingerprint density at radius 3 is 2.94 bits per heavy atom. The van der Waals surface area contributed by atoms with Crippen LogP contribution in [0.4, 0.5) is 0 Å². The zero-order chi connectivity index (χ0) is 23.8. The van der Waals surface area contributed by atoms with E-state index in [2.05, 4.69) is 25.9 Å².